The number of allylic oxidation sites excluding steroid dienone is 1. The van der Waals surface area contributed by atoms with Gasteiger partial charge in [0.05, 0.1) is 5.70 Å². The Kier molecular flexibility index (Phi) is 7.19. The number of piperidine rings is 1. The predicted octanol–water partition coefficient (Wildman–Crippen LogP) is 4.18. The van der Waals surface area contributed by atoms with Gasteiger partial charge in [-0.15, -0.1) is 0 Å². The van der Waals surface area contributed by atoms with Crippen molar-refractivity contribution >= 4 is 35.2 Å². The van der Waals surface area contributed by atoms with Gasteiger partial charge in [-0.3, -0.25) is 9.59 Å². The van der Waals surface area contributed by atoms with E-state index in [4.69, 9.17) is 5.11 Å². The molecule has 0 bridgehead atoms. The van der Waals surface area contributed by atoms with Crippen LogP contribution in [0.25, 0.3) is 11.5 Å². The molecule has 0 radical (unpaired) electrons. The molecular weight excluding hydrogens is 444 g/mol. The molecule has 182 valence electrons. The number of carboxylic acids is 1. The molecule has 3 N–H and O–H groups in total. The molecule has 2 aliphatic heterocycles. The first kappa shape index (κ1) is 24.1. The zero-order valence-electron chi connectivity index (χ0n) is 19.9. The monoisotopic (exact) mass is 474 g/mol. The standard InChI is InChI=1S/C27H30N4O4/c1-3-23-22-16-20(30-14-12-19(13-15-30)18-8-6-5-7-9-18)10-11-21(22)26(34)25(31(23)29-4-2)27(35)28-17-24(32)33/h3-11,16,19,34H,12-15,17H2,1-2H3,(H,28,35)(H,32,33)/b23-3+,29-4-. The Labute approximate surface area is 204 Å². The minimum atomic E-state index is -1.17. The number of nitrogens with one attached hydrogen (secondary N) is 1. The van der Waals surface area contributed by atoms with Gasteiger partial charge in [0, 0.05) is 36.1 Å². The Morgan fingerprint density at radius 2 is 1.80 bits per heavy atom. The van der Waals surface area contributed by atoms with Gasteiger partial charge in [0.15, 0.2) is 11.5 Å². The molecule has 0 saturated carbocycles. The van der Waals surface area contributed by atoms with Crippen LogP contribution in [0.3, 0.4) is 0 Å². The summed E-state index contributed by atoms with van der Waals surface area (Å²) in [6.45, 7) is 4.83. The number of fused-ring (bicyclic) bond motifs is 1. The van der Waals surface area contributed by atoms with Crippen LogP contribution in [0.1, 0.15) is 49.3 Å². The molecule has 2 aliphatic rings. The lowest BCUT2D eigenvalue weighted by Gasteiger charge is -2.35. The lowest BCUT2D eigenvalue weighted by molar-refractivity contribution is -0.137. The van der Waals surface area contributed by atoms with Gasteiger partial charge < -0.3 is 20.4 Å². The minimum absolute atomic E-state index is 0.110. The lowest BCUT2D eigenvalue weighted by Crippen LogP contribution is -2.37. The van der Waals surface area contributed by atoms with Gasteiger partial charge in [-0.2, -0.15) is 5.10 Å². The third-order valence-electron chi connectivity index (χ3n) is 6.45. The van der Waals surface area contributed by atoms with Gasteiger partial charge in [0.25, 0.3) is 5.91 Å². The van der Waals surface area contributed by atoms with Crippen LogP contribution in [-0.2, 0) is 9.59 Å². The smallest absolute Gasteiger partial charge is 0.322 e. The summed E-state index contributed by atoms with van der Waals surface area (Å²) in [4.78, 5) is 26.1. The second-order valence-corrected chi connectivity index (χ2v) is 8.53. The molecule has 0 aromatic heterocycles. The van der Waals surface area contributed by atoms with Crippen LogP contribution < -0.4 is 10.2 Å². The Hall–Kier alpha value is -4.07. The number of amides is 1. The van der Waals surface area contributed by atoms with E-state index in [1.807, 2.05) is 37.3 Å². The first-order valence-electron chi connectivity index (χ1n) is 11.8. The Morgan fingerprint density at radius 3 is 2.43 bits per heavy atom. The lowest BCUT2D eigenvalue weighted by atomic mass is 9.89. The number of aliphatic hydroxyl groups excluding tert-OH is 1. The molecule has 1 saturated heterocycles. The highest BCUT2D eigenvalue weighted by Crippen LogP contribution is 2.40. The Bertz CT molecular complexity index is 1190. The van der Waals surface area contributed by atoms with E-state index in [2.05, 4.69) is 39.6 Å². The van der Waals surface area contributed by atoms with Crippen molar-refractivity contribution in [1.29, 1.82) is 0 Å². The molecule has 2 aromatic rings. The van der Waals surface area contributed by atoms with Crippen LogP contribution in [0.5, 0.6) is 0 Å². The van der Waals surface area contributed by atoms with Crippen LogP contribution in [0.2, 0.25) is 0 Å². The molecular formula is C27H30N4O4. The molecule has 4 rings (SSSR count). The van der Waals surface area contributed by atoms with E-state index in [0.29, 0.717) is 17.2 Å². The molecule has 2 aromatic carbocycles. The molecule has 8 heteroatoms. The molecule has 0 spiro atoms. The number of carbonyl (C=O) groups excluding carboxylic acids is 1. The summed E-state index contributed by atoms with van der Waals surface area (Å²) in [5.41, 5.74) is 4.21. The quantitative estimate of drug-likeness (QED) is 0.543. The summed E-state index contributed by atoms with van der Waals surface area (Å²) >= 11 is 0. The molecule has 35 heavy (non-hydrogen) atoms. The van der Waals surface area contributed by atoms with E-state index in [1.54, 1.807) is 6.92 Å². The summed E-state index contributed by atoms with van der Waals surface area (Å²) in [5, 5.41) is 28.0. The van der Waals surface area contributed by atoms with E-state index in [0.717, 1.165) is 37.2 Å². The van der Waals surface area contributed by atoms with Crippen molar-refractivity contribution in [2.75, 3.05) is 24.5 Å². The van der Waals surface area contributed by atoms with Gasteiger partial charge in [-0.25, -0.2) is 5.01 Å². The molecule has 8 nitrogen and oxygen atoms in total. The number of nitrogens with zero attached hydrogens (tertiary/aromatic N) is 3. The maximum Gasteiger partial charge on any atom is 0.322 e. The topological polar surface area (TPSA) is 105 Å². The summed E-state index contributed by atoms with van der Waals surface area (Å²) in [7, 11) is 0. The highest BCUT2D eigenvalue weighted by molar-refractivity contribution is 6.04. The number of hydrazone groups is 1. The van der Waals surface area contributed by atoms with Crippen molar-refractivity contribution in [3.05, 3.63) is 77.0 Å². The largest absolute Gasteiger partial charge is 0.505 e. The fraction of sp³-hybridized carbons (Fsp3) is 0.296. The van der Waals surface area contributed by atoms with Gasteiger partial charge in [-0.05, 0) is 56.4 Å². The molecule has 2 heterocycles. The zero-order chi connectivity index (χ0) is 24.9. The predicted molar refractivity (Wildman–Crippen MR) is 137 cm³/mol. The molecule has 0 aliphatic carbocycles. The van der Waals surface area contributed by atoms with Crippen molar-refractivity contribution < 1.29 is 19.8 Å². The third-order valence-corrected chi connectivity index (χ3v) is 6.45. The fourth-order valence-corrected chi connectivity index (χ4v) is 4.76. The second-order valence-electron chi connectivity index (χ2n) is 8.53. The fourth-order valence-electron chi connectivity index (χ4n) is 4.76. The number of benzene rings is 2. The van der Waals surface area contributed by atoms with Crippen molar-refractivity contribution in [3.63, 3.8) is 0 Å². The van der Waals surface area contributed by atoms with Gasteiger partial charge >= 0.3 is 5.97 Å². The second kappa shape index (κ2) is 10.5. The van der Waals surface area contributed by atoms with Gasteiger partial charge in [0.2, 0.25) is 0 Å². The van der Waals surface area contributed by atoms with Crippen LogP contribution in [0, 0.1) is 0 Å². The summed E-state index contributed by atoms with van der Waals surface area (Å²) in [6, 6.07) is 16.4. The van der Waals surface area contributed by atoms with E-state index in [1.165, 1.54) is 16.8 Å². The van der Waals surface area contributed by atoms with Crippen LogP contribution >= 0.6 is 0 Å². The zero-order valence-corrected chi connectivity index (χ0v) is 19.9. The van der Waals surface area contributed by atoms with E-state index >= 15 is 0 Å². The number of aliphatic hydroxyl groups is 1. The summed E-state index contributed by atoms with van der Waals surface area (Å²) in [6.07, 6.45) is 5.46. The van der Waals surface area contributed by atoms with Crippen molar-refractivity contribution in [2.24, 2.45) is 5.10 Å². The van der Waals surface area contributed by atoms with Crippen molar-refractivity contribution in [3.8, 4) is 0 Å². The number of carboxylic acid groups (broad SMARTS) is 1. The van der Waals surface area contributed by atoms with Crippen LogP contribution in [0.15, 0.2) is 65.4 Å². The number of aliphatic carboxylic acids is 1. The number of rotatable bonds is 6. The average Bonchev–Trinajstić information content (AvgIpc) is 2.88. The molecule has 1 fully saturated rings. The summed E-state index contributed by atoms with van der Waals surface area (Å²) < 4.78 is 0. The SMILES string of the molecule is C/C=N\N1C(C(=O)NCC(=O)O)=C(O)c2ccc(N3CCC(c4ccccc4)CC3)cc2/C1=C\C. The average molecular weight is 475 g/mol. The molecule has 0 atom stereocenters. The van der Waals surface area contributed by atoms with Crippen LogP contribution in [0.4, 0.5) is 5.69 Å². The van der Waals surface area contributed by atoms with Crippen molar-refractivity contribution in [1.82, 2.24) is 10.3 Å². The normalized spacial score (nSPS) is 17.7. The Balaban J connectivity index is 1.64. The Morgan fingerprint density at radius 1 is 1.09 bits per heavy atom. The van der Waals surface area contributed by atoms with Gasteiger partial charge in [-0.1, -0.05) is 36.4 Å². The third kappa shape index (κ3) is 4.91. The van der Waals surface area contributed by atoms with E-state index < -0.39 is 18.4 Å². The summed E-state index contributed by atoms with van der Waals surface area (Å²) in [5.74, 6) is -1.59. The molecule has 1 amide bonds. The highest BCUT2D eigenvalue weighted by atomic mass is 16.4. The maximum absolute atomic E-state index is 12.8. The van der Waals surface area contributed by atoms with E-state index in [9.17, 15) is 14.7 Å². The van der Waals surface area contributed by atoms with Gasteiger partial charge in [0.1, 0.15) is 6.54 Å². The first-order chi connectivity index (χ1) is 16.9. The number of hydrogen-bond acceptors (Lipinski definition) is 6. The maximum atomic E-state index is 12.8. The number of anilines is 1. The van der Waals surface area contributed by atoms with Crippen molar-refractivity contribution in [2.45, 2.75) is 32.6 Å². The highest BCUT2D eigenvalue weighted by Gasteiger charge is 2.34. The van der Waals surface area contributed by atoms with Crippen LogP contribution in [-0.4, -0.2) is 52.9 Å². The number of carbonyl (C=O) groups is 2. The van der Waals surface area contributed by atoms with E-state index in [-0.39, 0.29) is 11.5 Å². The minimum Gasteiger partial charge on any atom is -0.505 e. The number of hydrogen-bond donors (Lipinski definition) is 3. The molecule has 0 unspecified atom stereocenters. The first-order valence-corrected chi connectivity index (χ1v) is 11.8.